The zero-order chi connectivity index (χ0) is 6.31. The first kappa shape index (κ1) is 7.62. The molecule has 0 N–H and O–H groups in total. The first-order chi connectivity index (χ1) is 3.64. The van der Waals surface area contributed by atoms with Crippen molar-refractivity contribution in [3.63, 3.8) is 0 Å². The van der Waals surface area contributed by atoms with Gasteiger partial charge in [0.15, 0.2) is 5.24 Å². The Morgan fingerprint density at radius 1 is 1.38 bits per heavy atom. The SMILES string of the molecule is ClC1N(Cl)N(Cl)P1Cl. The van der Waals surface area contributed by atoms with Crippen LogP contribution in [0, 0.1) is 0 Å². The summed E-state index contributed by atoms with van der Waals surface area (Å²) in [5.41, 5.74) is 0. The van der Waals surface area contributed by atoms with E-state index in [1.807, 2.05) is 0 Å². The second-order valence-corrected chi connectivity index (χ2v) is 5.23. The van der Waals surface area contributed by atoms with E-state index in [1.54, 1.807) is 0 Å². The molecule has 0 bridgehead atoms. The third kappa shape index (κ3) is 1.04. The minimum absolute atomic E-state index is 0.328. The first-order valence-corrected chi connectivity index (χ1v) is 5.02. The van der Waals surface area contributed by atoms with Crippen LogP contribution in [-0.4, -0.2) is 14.1 Å². The van der Waals surface area contributed by atoms with Crippen molar-refractivity contribution in [2.75, 3.05) is 0 Å². The molecule has 0 aliphatic carbocycles. The second-order valence-electron chi connectivity index (χ2n) is 1.13. The van der Waals surface area contributed by atoms with E-state index in [2.05, 4.69) is 0 Å². The Labute approximate surface area is 68.0 Å². The lowest BCUT2D eigenvalue weighted by molar-refractivity contribution is 0.262. The molecular weight excluding hydrogens is 213 g/mol. The minimum Gasteiger partial charge on any atom is -0.109 e. The number of halogens is 4. The molecule has 1 aliphatic heterocycles. The predicted molar refractivity (Wildman–Crippen MR) is 37.8 cm³/mol. The molecule has 0 aromatic carbocycles. The zero-order valence-corrected chi connectivity index (χ0v) is 7.35. The maximum atomic E-state index is 5.55. The number of nitrogens with zero attached hydrogens (tertiary/aromatic N) is 2. The molecule has 2 atom stereocenters. The highest BCUT2D eigenvalue weighted by atomic mass is 35.7. The minimum atomic E-state index is -0.949. The number of alkyl halides is 1. The lowest BCUT2D eigenvalue weighted by Crippen LogP contribution is -2.40. The molecule has 1 heterocycles. The molecule has 48 valence electrons. The van der Waals surface area contributed by atoms with Gasteiger partial charge in [-0.1, -0.05) is 27.1 Å². The Morgan fingerprint density at radius 3 is 2.00 bits per heavy atom. The van der Waals surface area contributed by atoms with Crippen molar-refractivity contribution in [1.82, 2.24) is 8.83 Å². The number of hydrogen-bond acceptors (Lipinski definition) is 2. The fraction of sp³-hybridized carbons (Fsp3) is 1.00. The molecule has 0 aromatic rings. The van der Waals surface area contributed by atoms with Gasteiger partial charge in [0.1, 0.15) is 7.43 Å². The summed E-state index contributed by atoms with van der Waals surface area (Å²) in [5.74, 6) is 0. The quantitative estimate of drug-likeness (QED) is 0.264. The summed E-state index contributed by atoms with van der Waals surface area (Å²) >= 11 is 21.8. The van der Waals surface area contributed by atoms with Crippen LogP contribution < -0.4 is 0 Å². The smallest absolute Gasteiger partial charge is 0.109 e. The Kier molecular flexibility index (Phi) is 2.50. The maximum Gasteiger partial charge on any atom is 0.165 e. The van der Waals surface area contributed by atoms with Crippen molar-refractivity contribution in [2.24, 2.45) is 0 Å². The van der Waals surface area contributed by atoms with Crippen LogP contribution in [0.15, 0.2) is 0 Å². The van der Waals surface area contributed by atoms with Crippen LogP contribution in [0.5, 0.6) is 0 Å². The van der Waals surface area contributed by atoms with E-state index in [0.29, 0.717) is 0 Å². The standard InChI is InChI=1S/CHCl4N2P/c2-1-6(3)7(4)8(1)5/h1H. The Morgan fingerprint density at radius 2 is 1.88 bits per heavy atom. The van der Waals surface area contributed by atoms with Gasteiger partial charge >= 0.3 is 0 Å². The van der Waals surface area contributed by atoms with Crippen molar-refractivity contribution in [3.8, 4) is 0 Å². The molecule has 0 saturated carbocycles. The molecule has 1 aliphatic rings. The summed E-state index contributed by atoms with van der Waals surface area (Å²) in [6, 6.07) is 0. The van der Waals surface area contributed by atoms with Crippen molar-refractivity contribution in [3.05, 3.63) is 0 Å². The molecular formula is CHCl4N2P. The van der Waals surface area contributed by atoms with E-state index in [4.69, 9.17) is 46.4 Å². The van der Waals surface area contributed by atoms with E-state index in [9.17, 15) is 0 Å². The van der Waals surface area contributed by atoms with Crippen LogP contribution in [0.1, 0.15) is 0 Å². The molecule has 0 amide bonds. The molecule has 0 radical (unpaired) electrons. The second kappa shape index (κ2) is 2.63. The average Bonchev–Trinajstić information content (AvgIpc) is 1.83. The summed E-state index contributed by atoms with van der Waals surface area (Å²) in [6.45, 7) is 0. The third-order valence-electron chi connectivity index (χ3n) is 0.667. The van der Waals surface area contributed by atoms with Gasteiger partial charge in [-0.2, -0.15) is 0 Å². The summed E-state index contributed by atoms with van der Waals surface area (Å²) in [6.07, 6.45) is 0. The fourth-order valence-corrected chi connectivity index (χ4v) is 2.94. The molecule has 1 fully saturated rings. The van der Waals surface area contributed by atoms with E-state index >= 15 is 0 Å². The summed E-state index contributed by atoms with van der Waals surface area (Å²) in [7, 11) is -0.949. The van der Waals surface area contributed by atoms with Crippen molar-refractivity contribution in [2.45, 2.75) is 5.24 Å². The van der Waals surface area contributed by atoms with Crippen LogP contribution in [0.3, 0.4) is 0 Å². The number of hydrogen-bond donors (Lipinski definition) is 0. The van der Waals surface area contributed by atoms with Gasteiger partial charge in [-0.3, -0.25) is 0 Å². The Hall–Kier alpha value is 1.51. The van der Waals surface area contributed by atoms with Crippen LogP contribution >= 0.6 is 53.8 Å². The van der Waals surface area contributed by atoms with Crippen LogP contribution in [0.4, 0.5) is 0 Å². The van der Waals surface area contributed by atoms with Gasteiger partial charge in [-0.25, -0.2) is 0 Å². The molecule has 2 nitrogen and oxygen atoms in total. The zero-order valence-electron chi connectivity index (χ0n) is 3.43. The van der Waals surface area contributed by atoms with Gasteiger partial charge in [-0.15, -0.1) is 4.53 Å². The van der Waals surface area contributed by atoms with Gasteiger partial charge in [0.2, 0.25) is 0 Å². The van der Waals surface area contributed by atoms with Crippen LogP contribution in [-0.2, 0) is 0 Å². The Bertz CT molecular complexity index is 68.0. The highest BCUT2D eigenvalue weighted by Crippen LogP contribution is 2.65. The topological polar surface area (TPSA) is 6.48 Å². The fourth-order valence-electron chi connectivity index (χ4n) is 0.270. The lowest BCUT2D eigenvalue weighted by atomic mass is 11.4. The molecule has 7 heteroatoms. The van der Waals surface area contributed by atoms with Gasteiger partial charge < -0.3 is 0 Å². The van der Waals surface area contributed by atoms with Crippen molar-refractivity contribution >= 4 is 53.8 Å². The molecule has 8 heavy (non-hydrogen) atoms. The number of rotatable bonds is 0. The summed E-state index contributed by atoms with van der Waals surface area (Å²) < 4.78 is 2.32. The van der Waals surface area contributed by atoms with Gasteiger partial charge in [-0.05, 0) is 11.8 Å². The van der Waals surface area contributed by atoms with E-state index in [-0.39, 0.29) is 5.24 Å². The van der Waals surface area contributed by atoms with Crippen LogP contribution in [0.25, 0.3) is 0 Å². The highest BCUT2D eigenvalue weighted by Gasteiger charge is 2.44. The Balaban J connectivity index is 2.42. The van der Waals surface area contributed by atoms with E-state index in [0.717, 1.165) is 4.53 Å². The molecule has 0 aromatic heterocycles. The van der Waals surface area contributed by atoms with Gasteiger partial charge in [0.25, 0.3) is 0 Å². The van der Waals surface area contributed by atoms with Gasteiger partial charge in [0, 0.05) is 11.8 Å². The van der Waals surface area contributed by atoms with E-state index < -0.39 is 7.43 Å². The van der Waals surface area contributed by atoms with E-state index in [1.165, 1.54) is 4.30 Å². The molecule has 1 rings (SSSR count). The van der Waals surface area contributed by atoms with Crippen LogP contribution in [0.2, 0.25) is 0 Å². The number of hydrazine groups is 1. The van der Waals surface area contributed by atoms with Crippen molar-refractivity contribution < 1.29 is 0 Å². The molecule has 2 unspecified atom stereocenters. The monoisotopic (exact) mass is 212 g/mol. The normalized spacial score (nSPS) is 42.0. The first-order valence-electron chi connectivity index (χ1n) is 1.64. The average molecular weight is 214 g/mol. The van der Waals surface area contributed by atoms with Crippen molar-refractivity contribution in [1.29, 1.82) is 0 Å². The largest absolute Gasteiger partial charge is 0.165 e. The third-order valence-corrected chi connectivity index (χ3v) is 5.42. The molecule has 1 saturated heterocycles. The van der Waals surface area contributed by atoms with Gasteiger partial charge in [0.05, 0.1) is 0 Å². The predicted octanol–water partition coefficient (Wildman–Crippen LogP) is 2.90. The summed E-state index contributed by atoms with van der Waals surface area (Å²) in [4.78, 5) is 0. The maximum absolute atomic E-state index is 5.55. The summed E-state index contributed by atoms with van der Waals surface area (Å²) in [5, 5.41) is -0.328. The highest BCUT2D eigenvalue weighted by molar-refractivity contribution is 7.85. The molecule has 0 spiro atoms. The lowest BCUT2D eigenvalue weighted by Gasteiger charge is -2.41.